The molecule has 2 N–H and O–H groups in total. The predicted octanol–water partition coefficient (Wildman–Crippen LogP) is 4.95. The summed E-state index contributed by atoms with van der Waals surface area (Å²) in [6.07, 6.45) is -2.37. The maximum atomic E-state index is 14.0. The Morgan fingerprint density at radius 1 is 0.979 bits per heavy atom. The molecule has 1 atom stereocenters. The minimum Gasteiger partial charge on any atom is -0.506 e. The van der Waals surface area contributed by atoms with Crippen LogP contribution in [0.2, 0.25) is 5.02 Å². The molecule has 1 aromatic carbocycles. The molecule has 1 aromatic heterocycles. The number of hydrogen-bond donors (Lipinski definition) is 2. The van der Waals surface area contributed by atoms with E-state index in [1.807, 2.05) is 15.7 Å². The number of piperazine rings is 1. The fourth-order valence-electron chi connectivity index (χ4n) is 7.48. The number of piperidine rings is 2. The molecule has 48 heavy (non-hydrogen) atoms. The molecule has 0 spiro atoms. The number of amides is 4. The van der Waals surface area contributed by atoms with Crippen LogP contribution in [0.4, 0.5) is 23.7 Å². The number of nitrogens with zero attached hydrogens (tertiary/aromatic N) is 5. The van der Waals surface area contributed by atoms with E-state index in [0.717, 1.165) is 56.3 Å². The number of phenolic OH excluding ortho intramolecular Hbond substituents is 1. The van der Waals surface area contributed by atoms with Crippen LogP contribution in [0.25, 0.3) is 0 Å². The molecule has 4 aliphatic heterocycles. The van der Waals surface area contributed by atoms with Gasteiger partial charge in [0.15, 0.2) is 0 Å². The molecule has 4 aliphatic rings. The second-order valence-corrected chi connectivity index (χ2v) is 14.6. The molecule has 5 heterocycles. The zero-order valence-corrected chi connectivity index (χ0v) is 28.5. The van der Waals surface area contributed by atoms with E-state index in [0.29, 0.717) is 51.6 Å². The van der Waals surface area contributed by atoms with Crippen LogP contribution in [0.5, 0.6) is 5.75 Å². The van der Waals surface area contributed by atoms with Gasteiger partial charge < -0.3 is 30.0 Å². The highest BCUT2D eigenvalue weighted by Gasteiger charge is 2.38. The Kier molecular flexibility index (Phi) is 10.4. The first-order valence-corrected chi connectivity index (χ1v) is 17.9. The van der Waals surface area contributed by atoms with Crippen molar-refractivity contribution in [2.24, 2.45) is 5.92 Å². The molecule has 0 saturated carbocycles. The fraction of sp³-hybridized carbons (Fsp3) is 0.606. The van der Waals surface area contributed by atoms with E-state index in [9.17, 15) is 32.7 Å². The summed E-state index contributed by atoms with van der Waals surface area (Å²) in [6, 6.07) is 2.23. The minimum atomic E-state index is -4.84. The summed E-state index contributed by atoms with van der Waals surface area (Å²) >= 11 is 7.55. The quantitative estimate of drug-likeness (QED) is 0.422. The lowest BCUT2D eigenvalue weighted by atomic mass is 9.91. The molecular formula is C33H42ClF3N6O4S. The van der Waals surface area contributed by atoms with Crippen LogP contribution in [0.1, 0.15) is 48.8 Å². The SMILES string of the molecule is CN1CCN(C2CCN(C(=O)[C@H](CC(=O)N3CCC(N4Cc5cscc5NC4=O)CC3)Cc3cc(Cl)c(O)c(C(F)(F)F)c3)CC2)CC1. The number of thiophene rings is 1. The first-order valence-electron chi connectivity index (χ1n) is 16.6. The summed E-state index contributed by atoms with van der Waals surface area (Å²) in [5.74, 6) is -2.46. The molecule has 6 rings (SSSR count). The van der Waals surface area contributed by atoms with Gasteiger partial charge in [-0.3, -0.25) is 14.5 Å². The standard InChI is InChI=1S/C33H42ClF3N6O4S/c1-39-10-12-40(13-11-39)24-2-8-42(9-3-24)31(46)22(14-21-15-26(33(35,36)37)30(45)27(34)16-21)17-29(44)41-6-4-25(5-7-41)43-18-23-19-48-20-28(23)38-32(43)47/h15-16,19-20,22,24-25,45H,2-14,17-18H2,1H3,(H,38,47)/t22-/m0/s1. The molecule has 10 nitrogen and oxygen atoms in total. The Hall–Kier alpha value is -3.07. The lowest BCUT2D eigenvalue weighted by Crippen LogP contribution is -2.54. The number of likely N-dealkylation sites (N-methyl/N-ethyl adjacent to an activating group) is 1. The van der Waals surface area contributed by atoms with Gasteiger partial charge in [-0.05, 0) is 62.2 Å². The number of carbonyl (C=O) groups excluding carboxylic acids is 3. The Morgan fingerprint density at radius 3 is 2.29 bits per heavy atom. The van der Waals surface area contributed by atoms with Gasteiger partial charge in [-0.15, -0.1) is 11.3 Å². The second-order valence-electron chi connectivity index (χ2n) is 13.5. The second kappa shape index (κ2) is 14.4. The van der Waals surface area contributed by atoms with Crippen LogP contribution >= 0.6 is 22.9 Å². The normalized spacial score (nSPS) is 21.3. The number of likely N-dealkylation sites (tertiary alicyclic amines) is 2. The van der Waals surface area contributed by atoms with Gasteiger partial charge in [0.1, 0.15) is 5.75 Å². The molecule has 3 saturated heterocycles. The highest BCUT2D eigenvalue weighted by molar-refractivity contribution is 7.08. The van der Waals surface area contributed by atoms with E-state index in [4.69, 9.17) is 11.6 Å². The molecule has 4 amide bonds. The van der Waals surface area contributed by atoms with Crippen LogP contribution in [-0.2, 0) is 28.7 Å². The third kappa shape index (κ3) is 7.71. The number of urea groups is 1. The Balaban J connectivity index is 1.13. The van der Waals surface area contributed by atoms with Crippen molar-refractivity contribution in [2.45, 2.75) is 63.3 Å². The number of aromatic hydroxyl groups is 1. The topological polar surface area (TPSA) is 99.7 Å². The number of nitrogens with one attached hydrogen (secondary N) is 1. The molecule has 0 unspecified atom stereocenters. The molecule has 15 heteroatoms. The summed E-state index contributed by atoms with van der Waals surface area (Å²) in [5.41, 5.74) is 0.764. The van der Waals surface area contributed by atoms with Gasteiger partial charge in [0, 0.05) is 81.8 Å². The average Bonchev–Trinajstić information content (AvgIpc) is 3.52. The summed E-state index contributed by atoms with van der Waals surface area (Å²) in [6.45, 7) is 6.30. The van der Waals surface area contributed by atoms with Crippen molar-refractivity contribution in [2.75, 3.05) is 64.7 Å². The summed E-state index contributed by atoms with van der Waals surface area (Å²) in [4.78, 5) is 50.5. The van der Waals surface area contributed by atoms with E-state index < -0.39 is 28.4 Å². The summed E-state index contributed by atoms with van der Waals surface area (Å²) < 4.78 is 41.2. The van der Waals surface area contributed by atoms with Crippen molar-refractivity contribution in [1.82, 2.24) is 24.5 Å². The lowest BCUT2D eigenvalue weighted by Gasteiger charge is -2.42. The maximum Gasteiger partial charge on any atom is 0.420 e. The van der Waals surface area contributed by atoms with Crippen LogP contribution in [-0.4, -0.2) is 119 Å². The Morgan fingerprint density at radius 2 is 1.62 bits per heavy atom. The monoisotopic (exact) mass is 710 g/mol. The number of rotatable bonds is 7. The zero-order valence-electron chi connectivity index (χ0n) is 27.0. The van der Waals surface area contributed by atoms with Crippen LogP contribution in [0.15, 0.2) is 22.9 Å². The molecule has 2 aromatic rings. The predicted molar refractivity (Wildman–Crippen MR) is 177 cm³/mol. The van der Waals surface area contributed by atoms with E-state index in [1.54, 1.807) is 9.80 Å². The minimum absolute atomic E-state index is 0.0407. The zero-order chi connectivity index (χ0) is 34.2. The lowest BCUT2D eigenvalue weighted by molar-refractivity contribution is -0.143. The maximum absolute atomic E-state index is 14.0. The van der Waals surface area contributed by atoms with E-state index in [1.165, 1.54) is 17.4 Å². The molecular weight excluding hydrogens is 669 g/mol. The highest BCUT2D eigenvalue weighted by atomic mass is 35.5. The van der Waals surface area contributed by atoms with E-state index in [-0.39, 0.29) is 42.3 Å². The van der Waals surface area contributed by atoms with Crippen molar-refractivity contribution in [3.05, 3.63) is 44.6 Å². The van der Waals surface area contributed by atoms with E-state index >= 15 is 0 Å². The Labute approximate surface area is 287 Å². The average molecular weight is 711 g/mol. The van der Waals surface area contributed by atoms with E-state index in [2.05, 4.69) is 22.2 Å². The van der Waals surface area contributed by atoms with Crippen LogP contribution in [0.3, 0.4) is 0 Å². The largest absolute Gasteiger partial charge is 0.506 e. The molecule has 0 bridgehead atoms. The van der Waals surface area contributed by atoms with Crippen molar-refractivity contribution >= 4 is 46.5 Å². The molecule has 0 aliphatic carbocycles. The highest BCUT2D eigenvalue weighted by Crippen LogP contribution is 2.41. The smallest absolute Gasteiger partial charge is 0.420 e. The molecule has 3 fully saturated rings. The van der Waals surface area contributed by atoms with Gasteiger partial charge in [0.05, 0.1) is 28.7 Å². The fourth-order valence-corrected chi connectivity index (χ4v) is 8.50. The number of fused-ring (bicyclic) bond motifs is 1. The number of halogens is 4. The van der Waals surface area contributed by atoms with Crippen molar-refractivity contribution in [3.8, 4) is 5.75 Å². The van der Waals surface area contributed by atoms with Gasteiger partial charge in [-0.25, -0.2) is 4.79 Å². The number of benzene rings is 1. The first-order chi connectivity index (χ1) is 22.9. The summed E-state index contributed by atoms with van der Waals surface area (Å²) in [5, 5.41) is 16.4. The number of hydrogen-bond acceptors (Lipinski definition) is 7. The van der Waals surface area contributed by atoms with Gasteiger partial charge in [-0.2, -0.15) is 13.2 Å². The van der Waals surface area contributed by atoms with Crippen molar-refractivity contribution in [3.63, 3.8) is 0 Å². The van der Waals surface area contributed by atoms with Crippen LogP contribution in [0, 0.1) is 5.92 Å². The van der Waals surface area contributed by atoms with Gasteiger partial charge >= 0.3 is 12.2 Å². The first kappa shape index (κ1) is 34.8. The van der Waals surface area contributed by atoms with Crippen molar-refractivity contribution < 1.29 is 32.7 Å². The molecule has 0 radical (unpaired) electrons. The number of phenols is 1. The third-order valence-corrected chi connectivity index (χ3v) is 11.4. The summed E-state index contributed by atoms with van der Waals surface area (Å²) in [7, 11) is 2.11. The van der Waals surface area contributed by atoms with Crippen LogP contribution < -0.4 is 5.32 Å². The van der Waals surface area contributed by atoms with Gasteiger partial charge in [-0.1, -0.05) is 11.6 Å². The molecule has 262 valence electrons. The number of carbonyl (C=O) groups is 3. The number of alkyl halides is 3. The van der Waals surface area contributed by atoms with Crippen molar-refractivity contribution in [1.29, 1.82) is 0 Å². The third-order valence-electron chi connectivity index (χ3n) is 10.4. The van der Waals surface area contributed by atoms with Gasteiger partial charge in [0.25, 0.3) is 0 Å². The van der Waals surface area contributed by atoms with Gasteiger partial charge in [0.2, 0.25) is 11.8 Å². The Bertz CT molecular complexity index is 1500. The number of anilines is 1.